The Morgan fingerprint density at radius 3 is 2.69 bits per heavy atom. The number of halogens is 2. The maximum absolute atomic E-state index is 13.2. The van der Waals surface area contributed by atoms with Crippen LogP contribution in [0.5, 0.6) is 0 Å². The van der Waals surface area contributed by atoms with Crippen molar-refractivity contribution < 1.29 is 9.13 Å². The second kappa shape index (κ2) is 6.15. The monoisotopic (exact) mass is 246 g/mol. The van der Waals surface area contributed by atoms with Crippen molar-refractivity contribution >= 4 is 11.6 Å². The van der Waals surface area contributed by atoms with Gasteiger partial charge in [-0.15, -0.1) is 0 Å². The fourth-order valence-electron chi connectivity index (χ4n) is 1.26. The van der Waals surface area contributed by atoms with E-state index in [4.69, 9.17) is 22.2 Å². The maximum atomic E-state index is 13.2. The smallest absolute Gasteiger partial charge is 0.142 e. The van der Waals surface area contributed by atoms with Gasteiger partial charge < -0.3 is 4.74 Å². The van der Waals surface area contributed by atoms with Gasteiger partial charge in [-0.1, -0.05) is 17.7 Å². The van der Waals surface area contributed by atoms with Gasteiger partial charge >= 0.3 is 0 Å². The Balaban J connectivity index is 2.74. The maximum Gasteiger partial charge on any atom is 0.142 e. The Morgan fingerprint density at radius 2 is 2.19 bits per heavy atom. The number of hydrogen-bond acceptors (Lipinski definition) is 3. The predicted octanol–water partition coefficient (Wildman–Crippen LogP) is 2.41. The number of benzene rings is 1. The third-order valence-corrected chi connectivity index (χ3v) is 2.45. The summed E-state index contributed by atoms with van der Waals surface area (Å²) in [7, 11) is 0. The van der Waals surface area contributed by atoms with Crippen molar-refractivity contribution in [1.82, 2.24) is 5.43 Å². The van der Waals surface area contributed by atoms with Gasteiger partial charge in [0.25, 0.3) is 0 Å². The number of rotatable bonds is 5. The summed E-state index contributed by atoms with van der Waals surface area (Å²) in [6.07, 6.45) is 0.105. The van der Waals surface area contributed by atoms with Crippen LogP contribution in [0.1, 0.15) is 25.5 Å². The topological polar surface area (TPSA) is 47.3 Å². The van der Waals surface area contributed by atoms with Crippen molar-refractivity contribution in [3.63, 3.8) is 0 Å². The molecular weight excluding hydrogens is 231 g/mol. The zero-order chi connectivity index (χ0) is 12.1. The zero-order valence-electron chi connectivity index (χ0n) is 9.34. The second-order valence-electron chi connectivity index (χ2n) is 3.77. The van der Waals surface area contributed by atoms with Gasteiger partial charge in [-0.2, -0.15) is 0 Å². The van der Waals surface area contributed by atoms with Crippen molar-refractivity contribution in [2.24, 2.45) is 5.84 Å². The number of nitrogens with two attached hydrogens (primary N) is 1. The molecule has 1 unspecified atom stereocenters. The van der Waals surface area contributed by atoms with E-state index in [-0.39, 0.29) is 17.2 Å². The van der Waals surface area contributed by atoms with Gasteiger partial charge in [-0.25, -0.2) is 4.39 Å². The molecule has 1 atom stereocenters. The first-order valence-corrected chi connectivity index (χ1v) is 5.45. The van der Waals surface area contributed by atoms with E-state index < -0.39 is 5.82 Å². The lowest BCUT2D eigenvalue weighted by Gasteiger charge is -2.18. The van der Waals surface area contributed by atoms with E-state index in [0.717, 1.165) is 0 Å². The van der Waals surface area contributed by atoms with Crippen LogP contribution in [0.2, 0.25) is 5.02 Å². The third kappa shape index (κ3) is 3.72. The summed E-state index contributed by atoms with van der Waals surface area (Å²) in [6, 6.07) is 4.34. The largest absolute Gasteiger partial charge is 0.377 e. The Labute approximate surface area is 99.7 Å². The molecule has 90 valence electrons. The lowest BCUT2D eigenvalue weighted by Crippen LogP contribution is -2.32. The molecule has 16 heavy (non-hydrogen) atoms. The number of ether oxygens (including phenoxy) is 1. The van der Waals surface area contributed by atoms with Crippen molar-refractivity contribution in [2.45, 2.75) is 26.0 Å². The van der Waals surface area contributed by atoms with Crippen molar-refractivity contribution in [3.8, 4) is 0 Å². The van der Waals surface area contributed by atoms with Crippen LogP contribution in [0, 0.1) is 5.82 Å². The van der Waals surface area contributed by atoms with Crippen LogP contribution in [-0.4, -0.2) is 12.7 Å². The SMILES string of the molecule is CC(C)OCC(NN)c1ccc(Cl)c(F)c1. The molecule has 0 fully saturated rings. The van der Waals surface area contributed by atoms with E-state index >= 15 is 0 Å². The molecule has 1 aromatic carbocycles. The molecule has 0 heterocycles. The van der Waals surface area contributed by atoms with E-state index in [9.17, 15) is 4.39 Å². The van der Waals surface area contributed by atoms with Gasteiger partial charge in [-0.3, -0.25) is 11.3 Å². The minimum absolute atomic E-state index is 0.101. The summed E-state index contributed by atoms with van der Waals surface area (Å²) in [5.74, 6) is 4.94. The third-order valence-electron chi connectivity index (χ3n) is 2.14. The van der Waals surface area contributed by atoms with Gasteiger partial charge in [0.15, 0.2) is 0 Å². The lowest BCUT2D eigenvalue weighted by atomic mass is 10.1. The first kappa shape index (κ1) is 13.4. The molecule has 0 aliphatic carbocycles. The lowest BCUT2D eigenvalue weighted by molar-refractivity contribution is 0.0611. The zero-order valence-corrected chi connectivity index (χ0v) is 10.1. The van der Waals surface area contributed by atoms with E-state index in [1.165, 1.54) is 12.1 Å². The molecule has 3 nitrogen and oxygen atoms in total. The fraction of sp³-hybridized carbons (Fsp3) is 0.455. The summed E-state index contributed by atoms with van der Waals surface area (Å²) >= 11 is 5.60. The summed E-state index contributed by atoms with van der Waals surface area (Å²) in [5, 5.41) is 0.101. The van der Waals surface area contributed by atoms with Gasteiger partial charge in [-0.05, 0) is 31.5 Å². The molecule has 5 heteroatoms. The highest BCUT2D eigenvalue weighted by Gasteiger charge is 2.12. The fourth-order valence-corrected chi connectivity index (χ4v) is 1.38. The molecule has 3 N–H and O–H groups in total. The van der Waals surface area contributed by atoms with Crippen LogP contribution >= 0.6 is 11.6 Å². The van der Waals surface area contributed by atoms with Crippen molar-refractivity contribution in [2.75, 3.05) is 6.61 Å². The first-order chi connectivity index (χ1) is 7.54. The molecule has 0 saturated carbocycles. The van der Waals surface area contributed by atoms with Crippen molar-refractivity contribution in [1.29, 1.82) is 0 Å². The molecular formula is C11H16ClFN2O. The van der Waals surface area contributed by atoms with Gasteiger partial charge in [0, 0.05) is 0 Å². The van der Waals surface area contributed by atoms with Gasteiger partial charge in [0.2, 0.25) is 0 Å². The predicted molar refractivity (Wildman–Crippen MR) is 62.6 cm³/mol. The van der Waals surface area contributed by atoms with Crippen LogP contribution in [0.25, 0.3) is 0 Å². The summed E-state index contributed by atoms with van der Waals surface area (Å²) < 4.78 is 18.7. The molecule has 0 aliphatic heterocycles. The van der Waals surface area contributed by atoms with Gasteiger partial charge in [0.05, 0.1) is 23.8 Å². The van der Waals surface area contributed by atoms with Crippen LogP contribution in [0.4, 0.5) is 4.39 Å². The van der Waals surface area contributed by atoms with Crippen molar-refractivity contribution in [3.05, 3.63) is 34.6 Å². The molecule has 0 amide bonds. The molecule has 1 rings (SSSR count). The Kier molecular flexibility index (Phi) is 5.15. The molecule has 0 spiro atoms. The van der Waals surface area contributed by atoms with E-state index in [1.54, 1.807) is 6.07 Å². The van der Waals surface area contributed by atoms with Gasteiger partial charge in [0.1, 0.15) is 5.82 Å². The highest BCUT2D eigenvalue weighted by atomic mass is 35.5. The Hall–Kier alpha value is -0.680. The highest BCUT2D eigenvalue weighted by molar-refractivity contribution is 6.30. The molecule has 0 saturated heterocycles. The number of nitrogens with one attached hydrogen (secondary N) is 1. The first-order valence-electron chi connectivity index (χ1n) is 5.07. The standard InChI is InChI=1S/C11H16ClFN2O/c1-7(2)16-6-11(15-14)8-3-4-9(12)10(13)5-8/h3-5,7,11,15H,6,14H2,1-2H3. The molecule has 1 aromatic rings. The quantitative estimate of drug-likeness (QED) is 0.620. The van der Waals surface area contributed by atoms with Crippen LogP contribution < -0.4 is 11.3 Å². The van der Waals surface area contributed by atoms with E-state index in [1.807, 2.05) is 13.8 Å². The number of hydrogen-bond donors (Lipinski definition) is 2. The summed E-state index contributed by atoms with van der Waals surface area (Å²) in [6.45, 7) is 4.24. The van der Waals surface area contributed by atoms with Crippen LogP contribution in [0.3, 0.4) is 0 Å². The second-order valence-corrected chi connectivity index (χ2v) is 4.18. The molecule has 0 radical (unpaired) electrons. The molecule has 0 bridgehead atoms. The number of hydrazine groups is 1. The van der Waals surface area contributed by atoms with Crippen LogP contribution in [-0.2, 0) is 4.74 Å². The van der Waals surface area contributed by atoms with E-state index in [2.05, 4.69) is 5.43 Å². The Bertz CT molecular complexity index is 347. The molecule has 0 aromatic heterocycles. The average Bonchev–Trinajstić information content (AvgIpc) is 2.23. The summed E-state index contributed by atoms with van der Waals surface area (Å²) in [4.78, 5) is 0. The van der Waals surface area contributed by atoms with Crippen LogP contribution in [0.15, 0.2) is 18.2 Å². The summed E-state index contributed by atoms with van der Waals surface area (Å²) in [5.41, 5.74) is 3.30. The average molecular weight is 247 g/mol. The minimum Gasteiger partial charge on any atom is -0.377 e. The minimum atomic E-state index is -0.455. The highest BCUT2D eigenvalue weighted by Crippen LogP contribution is 2.20. The Morgan fingerprint density at radius 1 is 1.50 bits per heavy atom. The van der Waals surface area contributed by atoms with E-state index in [0.29, 0.717) is 12.2 Å². The normalized spacial score (nSPS) is 13.1. The molecule has 0 aliphatic rings.